The minimum absolute atomic E-state index is 0.110. The fourth-order valence-corrected chi connectivity index (χ4v) is 2.57. The molecule has 144 valence electrons. The van der Waals surface area contributed by atoms with Gasteiger partial charge in [-0.15, -0.1) is 0 Å². The van der Waals surface area contributed by atoms with Crippen molar-refractivity contribution in [1.82, 2.24) is 0 Å². The molecule has 0 aliphatic carbocycles. The minimum atomic E-state index is -0.924. The van der Waals surface area contributed by atoms with Crippen LogP contribution in [-0.4, -0.2) is 30.5 Å². The SMILES string of the molecule is CCOC(=O)c1c(C)oc(NC(=O)C(C)Oc2ccc(Br)cc2)c1C(N)=O. The summed E-state index contributed by atoms with van der Waals surface area (Å²) < 4.78 is 16.7. The van der Waals surface area contributed by atoms with Crippen LogP contribution in [0.1, 0.15) is 40.3 Å². The lowest BCUT2D eigenvalue weighted by atomic mass is 10.1. The topological polar surface area (TPSA) is 121 Å². The van der Waals surface area contributed by atoms with Crippen LogP contribution in [-0.2, 0) is 9.53 Å². The second-order valence-electron chi connectivity index (χ2n) is 5.53. The van der Waals surface area contributed by atoms with Gasteiger partial charge in [0.25, 0.3) is 11.8 Å². The number of furan rings is 1. The predicted octanol–water partition coefficient (Wildman–Crippen LogP) is 3.03. The Morgan fingerprint density at radius 1 is 1.22 bits per heavy atom. The normalized spacial score (nSPS) is 11.6. The number of nitrogens with one attached hydrogen (secondary N) is 1. The van der Waals surface area contributed by atoms with E-state index in [-0.39, 0.29) is 29.4 Å². The summed E-state index contributed by atoms with van der Waals surface area (Å²) in [5.74, 6) is -1.89. The number of halogens is 1. The highest BCUT2D eigenvalue weighted by atomic mass is 79.9. The number of carbonyl (C=O) groups is 3. The number of nitrogens with two attached hydrogens (primary N) is 1. The van der Waals surface area contributed by atoms with Crippen molar-refractivity contribution >= 4 is 39.6 Å². The molecule has 0 bridgehead atoms. The number of carbonyl (C=O) groups excluding carboxylic acids is 3. The Bertz CT molecular complexity index is 859. The van der Waals surface area contributed by atoms with Crippen LogP contribution in [0.4, 0.5) is 5.88 Å². The van der Waals surface area contributed by atoms with Gasteiger partial charge in [-0.3, -0.25) is 14.9 Å². The number of primary amides is 1. The summed E-state index contributed by atoms with van der Waals surface area (Å²) in [6, 6.07) is 6.93. The third-order valence-electron chi connectivity index (χ3n) is 3.54. The molecule has 1 aromatic heterocycles. The van der Waals surface area contributed by atoms with Crippen molar-refractivity contribution < 1.29 is 28.3 Å². The van der Waals surface area contributed by atoms with E-state index in [4.69, 9.17) is 19.6 Å². The number of anilines is 1. The first-order chi connectivity index (χ1) is 12.7. The van der Waals surface area contributed by atoms with Gasteiger partial charge in [0.05, 0.1) is 6.61 Å². The molecule has 27 heavy (non-hydrogen) atoms. The Kier molecular flexibility index (Phi) is 6.62. The van der Waals surface area contributed by atoms with E-state index in [1.165, 1.54) is 13.8 Å². The summed E-state index contributed by atoms with van der Waals surface area (Å²) in [5, 5.41) is 2.43. The first-order valence-electron chi connectivity index (χ1n) is 8.08. The van der Waals surface area contributed by atoms with Crippen molar-refractivity contribution in [3.05, 3.63) is 45.6 Å². The molecule has 1 heterocycles. The molecule has 9 heteroatoms. The lowest BCUT2D eigenvalue weighted by Crippen LogP contribution is -2.31. The molecule has 0 fully saturated rings. The van der Waals surface area contributed by atoms with Crippen LogP contribution in [0, 0.1) is 6.92 Å². The zero-order valence-electron chi connectivity index (χ0n) is 15.0. The molecular weight excluding hydrogens is 420 g/mol. The monoisotopic (exact) mass is 438 g/mol. The average Bonchev–Trinajstić information content (AvgIpc) is 2.93. The van der Waals surface area contributed by atoms with E-state index < -0.39 is 23.9 Å². The predicted molar refractivity (Wildman–Crippen MR) is 101 cm³/mol. The summed E-state index contributed by atoms with van der Waals surface area (Å²) in [4.78, 5) is 36.3. The van der Waals surface area contributed by atoms with Crippen LogP contribution in [0.25, 0.3) is 0 Å². The Morgan fingerprint density at radius 3 is 2.41 bits per heavy atom. The summed E-state index contributed by atoms with van der Waals surface area (Å²) in [6.07, 6.45) is -0.900. The Balaban J connectivity index is 2.21. The summed E-state index contributed by atoms with van der Waals surface area (Å²) in [5.41, 5.74) is 5.01. The van der Waals surface area contributed by atoms with Gasteiger partial charge in [-0.25, -0.2) is 4.79 Å². The molecule has 1 aromatic carbocycles. The molecule has 8 nitrogen and oxygen atoms in total. The van der Waals surface area contributed by atoms with Crippen LogP contribution in [0.3, 0.4) is 0 Å². The maximum absolute atomic E-state index is 12.4. The number of amides is 2. The van der Waals surface area contributed by atoms with E-state index in [1.807, 2.05) is 0 Å². The number of hydrogen-bond acceptors (Lipinski definition) is 6. The quantitative estimate of drug-likeness (QED) is 0.640. The third-order valence-corrected chi connectivity index (χ3v) is 4.07. The van der Waals surface area contributed by atoms with Crippen molar-refractivity contribution in [2.45, 2.75) is 26.9 Å². The second-order valence-corrected chi connectivity index (χ2v) is 6.44. The van der Waals surface area contributed by atoms with Gasteiger partial charge in [-0.05, 0) is 45.0 Å². The maximum atomic E-state index is 12.4. The Labute approximate surface area is 164 Å². The largest absolute Gasteiger partial charge is 0.481 e. The van der Waals surface area contributed by atoms with Crippen LogP contribution < -0.4 is 15.8 Å². The van der Waals surface area contributed by atoms with Crippen LogP contribution in [0.15, 0.2) is 33.2 Å². The van der Waals surface area contributed by atoms with Crippen molar-refractivity contribution in [1.29, 1.82) is 0 Å². The molecule has 0 saturated heterocycles. The number of esters is 1. The van der Waals surface area contributed by atoms with E-state index >= 15 is 0 Å². The highest BCUT2D eigenvalue weighted by Gasteiger charge is 2.30. The Morgan fingerprint density at radius 2 is 1.85 bits per heavy atom. The van der Waals surface area contributed by atoms with E-state index in [0.29, 0.717) is 5.75 Å². The average molecular weight is 439 g/mol. The molecule has 3 N–H and O–H groups in total. The van der Waals surface area contributed by atoms with Crippen molar-refractivity contribution in [3.8, 4) is 5.75 Å². The number of hydrogen-bond donors (Lipinski definition) is 2. The van der Waals surface area contributed by atoms with Gasteiger partial charge in [0.15, 0.2) is 6.10 Å². The van der Waals surface area contributed by atoms with E-state index in [9.17, 15) is 14.4 Å². The zero-order chi connectivity index (χ0) is 20.1. The van der Waals surface area contributed by atoms with Gasteiger partial charge < -0.3 is 19.6 Å². The molecule has 2 rings (SSSR count). The fourth-order valence-electron chi connectivity index (χ4n) is 2.30. The smallest absolute Gasteiger partial charge is 0.342 e. The van der Waals surface area contributed by atoms with Gasteiger partial charge in [-0.1, -0.05) is 15.9 Å². The first-order valence-corrected chi connectivity index (χ1v) is 8.87. The van der Waals surface area contributed by atoms with Crippen molar-refractivity contribution in [3.63, 3.8) is 0 Å². The fraction of sp³-hybridized carbons (Fsp3) is 0.278. The van der Waals surface area contributed by atoms with Gasteiger partial charge in [0.2, 0.25) is 5.88 Å². The third kappa shape index (κ3) is 4.88. The molecule has 0 saturated carbocycles. The lowest BCUT2D eigenvalue weighted by molar-refractivity contribution is -0.122. The van der Waals surface area contributed by atoms with Crippen LogP contribution >= 0.6 is 15.9 Å². The first kappa shape index (κ1) is 20.5. The number of benzene rings is 1. The molecule has 2 amide bonds. The molecule has 2 aromatic rings. The van der Waals surface area contributed by atoms with Gasteiger partial charge in [-0.2, -0.15) is 0 Å². The molecule has 0 radical (unpaired) electrons. The molecule has 0 aliphatic heterocycles. The van der Waals surface area contributed by atoms with E-state index in [2.05, 4.69) is 21.2 Å². The summed E-state index contributed by atoms with van der Waals surface area (Å²) in [7, 11) is 0. The molecule has 1 unspecified atom stereocenters. The zero-order valence-corrected chi connectivity index (χ0v) is 16.6. The molecular formula is C18H19BrN2O6. The molecule has 1 atom stereocenters. The number of rotatable bonds is 7. The van der Waals surface area contributed by atoms with Crippen molar-refractivity contribution in [2.75, 3.05) is 11.9 Å². The van der Waals surface area contributed by atoms with E-state index in [0.717, 1.165) is 4.47 Å². The minimum Gasteiger partial charge on any atom is -0.481 e. The van der Waals surface area contributed by atoms with Gasteiger partial charge >= 0.3 is 5.97 Å². The van der Waals surface area contributed by atoms with Gasteiger partial charge in [0.1, 0.15) is 22.6 Å². The lowest BCUT2D eigenvalue weighted by Gasteiger charge is -2.14. The standard InChI is InChI=1S/C18H19BrN2O6/c1-4-25-18(24)13-9(2)27-17(14(13)15(20)22)21-16(23)10(3)26-12-7-5-11(19)6-8-12/h5-8,10H,4H2,1-3H3,(H2,20,22)(H,21,23). The summed E-state index contributed by atoms with van der Waals surface area (Å²) in [6.45, 7) is 4.74. The maximum Gasteiger partial charge on any atom is 0.342 e. The van der Waals surface area contributed by atoms with Gasteiger partial charge in [0, 0.05) is 4.47 Å². The summed E-state index contributed by atoms with van der Waals surface area (Å²) >= 11 is 3.31. The highest BCUT2D eigenvalue weighted by molar-refractivity contribution is 9.10. The van der Waals surface area contributed by atoms with Crippen molar-refractivity contribution in [2.24, 2.45) is 5.73 Å². The van der Waals surface area contributed by atoms with Crippen LogP contribution in [0.2, 0.25) is 0 Å². The number of ether oxygens (including phenoxy) is 2. The van der Waals surface area contributed by atoms with Crippen LogP contribution in [0.5, 0.6) is 5.75 Å². The second kappa shape index (κ2) is 8.72. The Hall–Kier alpha value is -2.81. The van der Waals surface area contributed by atoms with E-state index in [1.54, 1.807) is 31.2 Å². The molecule has 0 aliphatic rings. The number of aryl methyl sites for hydroxylation is 1. The highest BCUT2D eigenvalue weighted by Crippen LogP contribution is 2.28. The molecule has 0 spiro atoms.